The Morgan fingerprint density at radius 2 is 1.72 bits per heavy atom. The number of benzene rings is 2. The number of halogens is 2. The zero-order chi connectivity index (χ0) is 13.0. The smallest absolute Gasteiger partial charge is 0.141 e. The number of hydrogen-bond donors (Lipinski definition) is 1. The molecule has 0 spiro atoms. The van der Waals surface area contributed by atoms with E-state index in [1.165, 1.54) is 11.6 Å². The molecule has 0 aliphatic carbocycles. The molecule has 18 heavy (non-hydrogen) atoms. The molecule has 0 heterocycles. The first-order valence-electron chi connectivity index (χ1n) is 5.96. The predicted molar refractivity (Wildman–Crippen MR) is 74.2 cm³/mol. The second kappa shape index (κ2) is 5.98. The van der Waals surface area contributed by atoms with Crippen molar-refractivity contribution < 1.29 is 4.39 Å². The van der Waals surface area contributed by atoms with Crippen molar-refractivity contribution in [2.24, 2.45) is 0 Å². The Morgan fingerprint density at radius 3 is 2.33 bits per heavy atom. The van der Waals surface area contributed by atoms with Gasteiger partial charge in [-0.15, -0.1) is 0 Å². The molecule has 0 saturated carbocycles. The molecule has 0 aromatic heterocycles. The molecule has 0 radical (unpaired) electrons. The molecular formula is C15H15ClFN. The summed E-state index contributed by atoms with van der Waals surface area (Å²) < 4.78 is 13.1. The molecule has 0 atom stereocenters. The van der Waals surface area contributed by atoms with Crippen LogP contribution in [0.4, 0.5) is 4.39 Å². The molecule has 1 N–H and O–H groups in total. The number of hydrogen-bond acceptors (Lipinski definition) is 1. The minimum atomic E-state index is -0.385. The molecule has 0 aliphatic rings. The second-order valence-corrected chi connectivity index (χ2v) is 4.51. The Hall–Kier alpha value is -1.38. The van der Waals surface area contributed by atoms with Crippen LogP contribution in [0.5, 0.6) is 0 Å². The number of nitrogens with one attached hydrogen (secondary N) is 1. The number of rotatable bonds is 4. The average Bonchev–Trinajstić information content (AvgIpc) is 2.40. The van der Waals surface area contributed by atoms with Gasteiger partial charge >= 0.3 is 0 Å². The Bertz CT molecular complexity index is 523. The topological polar surface area (TPSA) is 12.0 Å². The molecule has 1 nitrogen and oxygen atoms in total. The van der Waals surface area contributed by atoms with Gasteiger partial charge < -0.3 is 5.32 Å². The van der Waals surface area contributed by atoms with E-state index in [4.69, 9.17) is 11.6 Å². The Labute approximate surface area is 112 Å². The van der Waals surface area contributed by atoms with Gasteiger partial charge in [0.15, 0.2) is 0 Å². The first-order valence-corrected chi connectivity index (χ1v) is 6.33. The van der Waals surface area contributed by atoms with E-state index < -0.39 is 0 Å². The normalized spacial score (nSPS) is 10.6. The van der Waals surface area contributed by atoms with Crippen LogP contribution in [0.2, 0.25) is 5.02 Å². The quantitative estimate of drug-likeness (QED) is 0.869. The largest absolute Gasteiger partial charge is 0.313 e. The van der Waals surface area contributed by atoms with Gasteiger partial charge in [-0.2, -0.15) is 0 Å². The van der Waals surface area contributed by atoms with Crippen molar-refractivity contribution >= 4 is 11.6 Å². The highest BCUT2D eigenvalue weighted by molar-refractivity contribution is 6.31. The van der Waals surface area contributed by atoms with Crippen LogP contribution >= 0.6 is 11.6 Å². The van der Waals surface area contributed by atoms with Crippen molar-refractivity contribution in [3.8, 4) is 11.1 Å². The third-order valence-electron chi connectivity index (χ3n) is 2.79. The maximum Gasteiger partial charge on any atom is 0.141 e. The summed E-state index contributed by atoms with van der Waals surface area (Å²) in [6.45, 7) is 3.89. The van der Waals surface area contributed by atoms with Crippen molar-refractivity contribution in [2.75, 3.05) is 6.54 Å². The van der Waals surface area contributed by atoms with E-state index in [0.29, 0.717) is 0 Å². The molecule has 0 aliphatic heterocycles. The zero-order valence-corrected chi connectivity index (χ0v) is 11.0. The minimum Gasteiger partial charge on any atom is -0.313 e. The summed E-state index contributed by atoms with van der Waals surface area (Å²) in [6, 6.07) is 13.0. The molecule has 0 unspecified atom stereocenters. The molecule has 2 rings (SSSR count). The van der Waals surface area contributed by atoms with Gasteiger partial charge in [0.25, 0.3) is 0 Å². The third kappa shape index (κ3) is 3.09. The SMILES string of the molecule is CCNCc1ccc(-c2ccc(F)c(Cl)c2)cc1. The lowest BCUT2D eigenvalue weighted by atomic mass is 10.0. The average molecular weight is 264 g/mol. The van der Waals surface area contributed by atoms with Crippen LogP contribution in [0.3, 0.4) is 0 Å². The monoisotopic (exact) mass is 263 g/mol. The van der Waals surface area contributed by atoms with E-state index in [9.17, 15) is 4.39 Å². The van der Waals surface area contributed by atoms with Crippen molar-refractivity contribution in [3.05, 3.63) is 58.9 Å². The molecule has 0 bridgehead atoms. The maximum atomic E-state index is 13.1. The van der Waals surface area contributed by atoms with E-state index in [1.54, 1.807) is 12.1 Å². The highest BCUT2D eigenvalue weighted by Gasteiger charge is 2.03. The maximum absolute atomic E-state index is 13.1. The summed E-state index contributed by atoms with van der Waals surface area (Å²) in [5, 5.41) is 3.43. The van der Waals surface area contributed by atoms with Gasteiger partial charge in [-0.1, -0.05) is 48.9 Å². The van der Waals surface area contributed by atoms with Crippen LogP contribution in [0.1, 0.15) is 12.5 Å². The molecule has 94 valence electrons. The summed E-state index contributed by atoms with van der Waals surface area (Å²) in [4.78, 5) is 0. The summed E-state index contributed by atoms with van der Waals surface area (Å²) >= 11 is 5.78. The lowest BCUT2D eigenvalue weighted by Crippen LogP contribution is -2.11. The van der Waals surface area contributed by atoms with Gasteiger partial charge in [-0.3, -0.25) is 0 Å². The van der Waals surface area contributed by atoms with Crippen molar-refractivity contribution in [1.82, 2.24) is 5.32 Å². The summed E-state index contributed by atoms with van der Waals surface area (Å²) in [6.07, 6.45) is 0. The Balaban J connectivity index is 2.20. The predicted octanol–water partition coefficient (Wildman–Crippen LogP) is 4.26. The van der Waals surface area contributed by atoms with Gasteiger partial charge in [0, 0.05) is 6.54 Å². The molecule has 0 fully saturated rings. The van der Waals surface area contributed by atoms with E-state index in [0.717, 1.165) is 24.2 Å². The fourth-order valence-corrected chi connectivity index (χ4v) is 1.94. The van der Waals surface area contributed by atoms with Gasteiger partial charge in [0.2, 0.25) is 0 Å². The fraction of sp³-hybridized carbons (Fsp3) is 0.200. The molecule has 0 saturated heterocycles. The van der Waals surface area contributed by atoms with Crippen LogP contribution in [0.25, 0.3) is 11.1 Å². The van der Waals surface area contributed by atoms with Crippen molar-refractivity contribution in [2.45, 2.75) is 13.5 Å². The first-order chi connectivity index (χ1) is 8.70. The van der Waals surface area contributed by atoms with E-state index in [-0.39, 0.29) is 10.8 Å². The lowest BCUT2D eigenvalue weighted by molar-refractivity contribution is 0.628. The van der Waals surface area contributed by atoms with Gasteiger partial charge in [0.1, 0.15) is 5.82 Å². The Kier molecular flexibility index (Phi) is 4.34. The molecule has 3 heteroatoms. The second-order valence-electron chi connectivity index (χ2n) is 4.11. The standard InChI is InChI=1S/C15H15ClFN/c1-2-18-10-11-3-5-12(6-4-11)13-7-8-15(17)14(16)9-13/h3-9,18H,2,10H2,1H3. The minimum absolute atomic E-state index is 0.157. The summed E-state index contributed by atoms with van der Waals surface area (Å²) in [5.41, 5.74) is 3.20. The van der Waals surface area contributed by atoms with Crippen LogP contribution in [0.15, 0.2) is 42.5 Å². The highest BCUT2D eigenvalue weighted by atomic mass is 35.5. The first kappa shape index (κ1) is 13.1. The van der Waals surface area contributed by atoms with Crippen LogP contribution in [-0.4, -0.2) is 6.54 Å². The van der Waals surface area contributed by atoms with Gasteiger partial charge in [0.05, 0.1) is 5.02 Å². The van der Waals surface area contributed by atoms with E-state index in [1.807, 2.05) is 12.1 Å². The molecule has 0 amide bonds. The van der Waals surface area contributed by atoms with Crippen molar-refractivity contribution in [1.29, 1.82) is 0 Å². The van der Waals surface area contributed by atoms with Gasteiger partial charge in [-0.05, 0) is 35.4 Å². The molecule has 2 aromatic carbocycles. The zero-order valence-electron chi connectivity index (χ0n) is 10.2. The highest BCUT2D eigenvalue weighted by Crippen LogP contribution is 2.25. The van der Waals surface area contributed by atoms with E-state index >= 15 is 0 Å². The van der Waals surface area contributed by atoms with Crippen LogP contribution in [-0.2, 0) is 6.54 Å². The summed E-state index contributed by atoms with van der Waals surface area (Å²) in [7, 11) is 0. The lowest BCUT2D eigenvalue weighted by Gasteiger charge is -2.06. The van der Waals surface area contributed by atoms with Crippen molar-refractivity contribution in [3.63, 3.8) is 0 Å². The fourth-order valence-electron chi connectivity index (χ4n) is 1.76. The third-order valence-corrected chi connectivity index (χ3v) is 3.08. The van der Waals surface area contributed by atoms with Crippen LogP contribution in [0, 0.1) is 5.82 Å². The molecule has 2 aromatic rings. The van der Waals surface area contributed by atoms with E-state index in [2.05, 4.69) is 24.4 Å². The molecular weight excluding hydrogens is 249 g/mol. The summed E-state index contributed by atoms with van der Waals surface area (Å²) in [5.74, 6) is -0.385. The van der Waals surface area contributed by atoms with Crippen LogP contribution < -0.4 is 5.32 Å². The van der Waals surface area contributed by atoms with Gasteiger partial charge in [-0.25, -0.2) is 4.39 Å². The Morgan fingerprint density at radius 1 is 1.06 bits per heavy atom.